The zero-order valence-corrected chi connectivity index (χ0v) is 14.2. The third-order valence-electron chi connectivity index (χ3n) is 3.86. The molecule has 0 bridgehead atoms. The highest BCUT2D eigenvalue weighted by Crippen LogP contribution is 2.09. The molecule has 1 fully saturated rings. The van der Waals surface area contributed by atoms with Crippen LogP contribution in [0.5, 0.6) is 0 Å². The van der Waals surface area contributed by atoms with Gasteiger partial charge < -0.3 is 15.4 Å². The number of carbonyl (C=O) groups is 1. The van der Waals surface area contributed by atoms with Crippen molar-refractivity contribution < 1.29 is 9.53 Å². The summed E-state index contributed by atoms with van der Waals surface area (Å²) in [5.41, 5.74) is 1.40. The number of anilines is 1. The average Bonchev–Trinajstić information content (AvgIpc) is 2.56. The average molecular weight is 320 g/mol. The lowest BCUT2D eigenvalue weighted by Gasteiger charge is -2.26. The number of hydrogen-bond acceptors (Lipinski definition) is 5. The maximum Gasteiger partial charge on any atom is 0.269 e. The molecule has 1 saturated heterocycles. The van der Waals surface area contributed by atoms with Crippen LogP contribution in [0.25, 0.3) is 0 Å². The SMILES string of the molecule is CC(C)CCNc1ccnc(C(=O)NCCN2CCOCC2)c1. The zero-order chi connectivity index (χ0) is 16.5. The summed E-state index contributed by atoms with van der Waals surface area (Å²) in [6.07, 6.45) is 2.78. The molecule has 0 aliphatic carbocycles. The van der Waals surface area contributed by atoms with Crippen molar-refractivity contribution in [3.05, 3.63) is 24.0 Å². The highest BCUT2D eigenvalue weighted by atomic mass is 16.5. The minimum Gasteiger partial charge on any atom is -0.385 e. The first kappa shape index (κ1) is 17.7. The summed E-state index contributed by atoms with van der Waals surface area (Å²) in [6, 6.07) is 3.70. The van der Waals surface area contributed by atoms with E-state index in [2.05, 4.69) is 34.4 Å². The van der Waals surface area contributed by atoms with Gasteiger partial charge in [-0.2, -0.15) is 0 Å². The summed E-state index contributed by atoms with van der Waals surface area (Å²) in [7, 11) is 0. The van der Waals surface area contributed by atoms with Gasteiger partial charge in [0, 0.05) is 44.6 Å². The van der Waals surface area contributed by atoms with Crippen LogP contribution in [-0.4, -0.2) is 61.7 Å². The number of pyridine rings is 1. The predicted octanol–water partition coefficient (Wildman–Crippen LogP) is 1.60. The van der Waals surface area contributed by atoms with E-state index in [1.807, 2.05) is 12.1 Å². The molecule has 1 amide bonds. The minimum absolute atomic E-state index is 0.120. The highest BCUT2D eigenvalue weighted by molar-refractivity contribution is 5.93. The van der Waals surface area contributed by atoms with Crippen LogP contribution in [0, 0.1) is 5.92 Å². The lowest BCUT2D eigenvalue weighted by Crippen LogP contribution is -2.41. The standard InChI is InChI=1S/C17H28N4O2/c1-14(2)3-5-18-15-4-6-19-16(13-15)17(22)20-7-8-21-9-11-23-12-10-21/h4,6,13-14H,3,5,7-12H2,1-2H3,(H,18,19)(H,20,22). The molecule has 1 aromatic heterocycles. The summed E-state index contributed by atoms with van der Waals surface area (Å²) < 4.78 is 5.31. The molecule has 2 heterocycles. The van der Waals surface area contributed by atoms with Gasteiger partial charge in [0.1, 0.15) is 5.69 Å². The highest BCUT2D eigenvalue weighted by Gasteiger charge is 2.11. The number of carbonyl (C=O) groups excluding carboxylic acids is 1. The Bertz CT molecular complexity index is 487. The van der Waals surface area contributed by atoms with Crippen molar-refractivity contribution in [2.45, 2.75) is 20.3 Å². The fraction of sp³-hybridized carbons (Fsp3) is 0.647. The molecular weight excluding hydrogens is 292 g/mol. The van der Waals surface area contributed by atoms with Gasteiger partial charge in [-0.1, -0.05) is 13.8 Å². The second kappa shape index (κ2) is 9.47. The molecule has 1 aromatic rings. The van der Waals surface area contributed by atoms with Gasteiger partial charge in [0.05, 0.1) is 13.2 Å². The second-order valence-corrected chi connectivity index (χ2v) is 6.25. The van der Waals surface area contributed by atoms with E-state index in [0.29, 0.717) is 18.2 Å². The van der Waals surface area contributed by atoms with E-state index in [-0.39, 0.29) is 5.91 Å². The summed E-state index contributed by atoms with van der Waals surface area (Å²) in [5.74, 6) is 0.540. The van der Waals surface area contributed by atoms with E-state index in [1.165, 1.54) is 0 Å². The maximum absolute atomic E-state index is 12.2. The van der Waals surface area contributed by atoms with Crippen molar-refractivity contribution in [2.75, 3.05) is 51.3 Å². The van der Waals surface area contributed by atoms with Crippen molar-refractivity contribution in [3.63, 3.8) is 0 Å². The van der Waals surface area contributed by atoms with Crippen molar-refractivity contribution in [3.8, 4) is 0 Å². The van der Waals surface area contributed by atoms with Gasteiger partial charge in [-0.05, 0) is 24.5 Å². The van der Waals surface area contributed by atoms with Crippen LogP contribution in [-0.2, 0) is 4.74 Å². The van der Waals surface area contributed by atoms with Crippen LogP contribution in [0.15, 0.2) is 18.3 Å². The van der Waals surface area contributed by atoms with E-state index < -0.39 is 0 Å². The van der Waals surface area contributed by atoms with Gasteiger partial charge in [-0.15, -0.1) is 0 Å². The smallest absolute Gasteiger partial charge is 0.269 e. The first-order chi connectivity index (χ1) is 11.1. The number of aromatic nitrogens is 1. The van der Waals surface area contributed by atoms with Gasteiger partial charge in [0.15, 0.2) is 0 Å². The quantitative estimate of drug-likeness (QED) is 0.762. The van der Waals surface area contributed by atoms with Gasteiger partial charge >= 0.3 is 0 Å². The van der Waals surface area contributed by atoms with Crippen LogP contribution in [0.4, 0.5) is 5.69 Å². The topological polar surface area (TPSA) is 66.5 Å². The molecule has 1 aliphatic rings. The fourth-order valence-electron chi connectivity index (χ4n) is 2.41. The number of nitrogens with one attached hydrogen (secondary N) is 2. The molecular formula is C17H28N4O2. The summed E-state index contributed by atoms with van der Waals surface area (Å²) in [5, 5.41) is 6.27. The van der Waals surface area contributed by atoms with Crippen LogP contribution in [0.3, 0.4) is 0 Å². The Hall–Kier alpha value is -1.66. The molecule has 0 radical (unpaired) electrons. The predicted molar refractivity (Wildman–Crippen MR) is 91.8 cm³/mol. The molecule has 0 unspecified atom stereocenters. The molecule has 0 saturated carbocycles. The summed E-state index contributed by atoms with van der Waals surface area (Å²) in [6.45, 7) is 10.2. The number of nitrogens with zero attached hydrogens (tertiary/aromatic N) is 2. The van der Waals surface area contributed by atoms with Gasteiger partial charge in [-0.25, -0.2) is 0 Å². The Labute approximate surface area is 138 Å². The lowest BCUT2D eigenvalue weighted by molar-refractivity contribution is 0.0383. The monoisotopic (exact) mass is 320 g/mol. The largest absolute Gasteiger partial charge is 0.385 e. The van der Waals surface area contributed by atoms with Crippen LogP contribution in [0.2, 0.25) is 0 Å². The molecule has 2 N–H and O–H groups in total. The third kappa shape index (κ3) is 6.54. The molecule has 2 rings (SSSR count). The molecule has 128 valence electrons. The molecule has 6 heteroatoms. The number of rotatable bonds is 8. The van der Waals surface area contributed by atoms with E-state index >= 15 is 0 Å². The van der Waals surface area contributed by atoms with E-state index in [9.17, 15) is 4.79 Å². The molecule has 0 aromatic carbocycles. The first-order valence-corrected chi connectivity index (χ1v) is 8.43. The Balaban J connectivity index is 1.74. The van der Waals surface area contributed by atoms with Crippen molar-refractivity contribution >= 4 is 11.6 Å². The lowest BCUT2D eigenvalue weighted by atomic mass is 10.1. The molecule has 0 spiro atoms. The van der Waals surface area contributed by atoms with Gasteiger partial charge in [-0.3, -0.25) is 14.7 Å². The van der Waals surface area contributed by atoms with Crippen LogP contribution >= 0.6 is 0 Å². The van der Waals surface area contributed by atoms with Crippen LogP contribution < -0.4 is 10.6 Å². The van der Waals surface area contributed by atoms with E-state index in [4.69, 9.17) is 4.74 Å². The van der Waals surface area contributed by atoms with Gasteiger partial charge in [0.2, 0.25) is 0 Å². The van der Waals surface area contributed by atoms with E-state index in [1.54, 1.807) is 6.20 Å². The van der Waals surface area contributed by atoms with Crippen LogP contribution in [0.1, 0.15) is 30.8 Å². The Morgan fingerprint density at radius 2 is 2.13 bits per heavy atom. The minimum atomic E-state index is -0.120. The van der Waals surface area contributed by atoms with Crippen molar-refractivity contribution in [1.82, 2.24) is 15.2 Å². The van der Waals surface area contributed by atoms with Crippen molar-refractivity contribution in [1.29, 1.82) is 0 Å². The van der Waals surface area contributed by atoms with Crippen molar-refractivity contribution in [2.24, 2.45) is 5.92 Å². The molecule has 6 nitrogen and oxygen atoms in total. The molecule has 23 heavy (non-hydrogen) atoms. The summed E-state index contributed by atoms with van der Waals surface area (Å²) >= 11 is 0. The normalized spacial score (nSPS) is 15.6. The van der Waals surface area contributed by atoms with E-state index in [0.717, 1.165) is 51.5 Å². The fourth-order valence-corrected chi connectivity index (χ4v) is 2.41. The maximum atomic E-state index is 12.2. The summed E-state index contributed by atoms with van der Waals surface area (Å²) in [4.78, 5) is 18.6. The second-order valence-electron chi connectivity index (χ2n) is 6.25. The number of ether oxygens (including phenoxy) is 1. The number of amides is 1. The third-order valence-corrected chi connectivity index (χ3v) is 3.86. The first-order valence-electron chi connectivity index (χ1n) is 8.43. The Morgan fingerprint density at radius 3 is 2.87 bits per heavy atom. The molecule has 1 aliphatic heterocycles. The molecule has 0 atom stereocenters. The number of morpholine rings is 1. The Kier molecular flexibility index (Phi) is 7.29. The Morgan fingerprint density at radius 1 is 1.35 bits per heavy atom. The van der Waals surface area contributed by atoms with Gasteiger partial charge in [0.25, 0.3) is 5.91 Å². The number of hydrogen-bond donors (Lipinski definition) is 2. The zero-order valence-electron chi connectivity index (χ0n) is 14.2.